The molecule has 1 aromatic heterocycles. The predicted molar refractivity (Wildman–Crippen MR) is 76.5 cm³/mol. The van der Waals surface area contributed by atoms with E-state index in [0.717, 1.165) is 17.9 Å². The van der Waals surface area contributed by atoms with Crippen LogP contribution in [0.5, 0.6) is 0 Å². The van der Waals surface area contributed by atoms with E-state index in [-0.39, 0.29) is 0 Å². The highest BCUT2D eigenvalue weighted by atomic mass is 16.4. The topological polar surface area (TPSA) is 71.2 Å². The molecule has 0 saturated heterocycles. The van der Waals surface area contributed by atoms with Crippen molar-refractivity contribution < 1.29 is 9.90 Å². The molecule has 2 heterocycles. The molecule has 110 valence electrons. The van der Waals surface area contributed by atoms with Crippen LogP contribution in [0.4, 0.5) is 0 Å². The third kappa shape index (κ3) is 2.67. The number of aliphatic carboxylic acids is 1. The predicted octanol–water partition coefficient (Wildman–Crippen LogP) is 1.31. The summed E-state index contributed by atoms with van der Waals surface area (Å²) in [4.78, 5) is 17.8. The van der Waals surface area contributed by atoms with Gasteiger partial charge in [-0.1, -0.05) is 24.3 Å². The Bertz CT molecular complexity index is 653. The highest BCUT2D eigenvalue weighted by molar-refractivity contribution is 5.74. The van der Waals surface area contributed by atoms with Crippen molar-refractivity contribution in [1.29, 1.82) is 0 Å². The van der Waals surface area contributed by atoms with E-state index >= 15 is 0 Å². The minimum Gasteiger partial charge on any atom is -0.480 e. The summed E-state index contributed by atoms with van der Waals surface area (Å²) in [5.41, 5.74) is 2.32. The number of benzene rings is 1. The maximum absolute atomic E-state index is 11.6. The van der Waals surface area contributed by atoms with Crippen LogP contribution < -0.4 is 0 Å². The Hall–Kier alpha value is -2.21. The van der Waals surface area contributed by atoms with Crippen molar-refractivity contribution in [3.8, 4) is 0 Å². The van der Waals surface area contributed by atoms with E-state index in [1.165, 1.54) is 11.9 Å². The number of aromatic nitrogens is 3. The van der Waals surface area contributed by atoms with Crippen LogP contribution >= 0.6 is 0 Å². The Morgan fingerprint density at radius 3 is 2.86 bits per heavy atom. The molecule has 1 aliphatic heterocycles. The molecule has 0 aliphatic carbocycles. The molecule has 1 aliphatic rings. The van der Waals surface area contributed by atoms with Gasteiger partial charge >= 0.3 is 5.97 Å². The molecule has 1 aromatic carbocycles. The lowest BCUT2D eigenvalue weighted by Crippen LogP contribution is -2.45. The fraction of sp³-hybridized carbons (Fsp3) is 0.400. The highest BCUT2D eigenvalue weighted by Gasteiger charge is 2.31. The Morgan fingerprint density at radius 1 is 1.38 bits per heavy atom. The van der Waals surface area contributed by atoms with Crippen molar-refractivity contribution in [2.75, 3.05) is 0 Å². The molecule has 0 fully saturated rings. The van der Waals surface area contributed by atoms with Gasteiger partial charge in [-0.05, 0) is 24.5 Å². The van der Waals surface area contributed by atoms with Crippen molar-refractivity contribution in [3.05, 3.63) is 47.5 Å². The number of aryl methyl sites for hydroxylation is 1. The minimum absolute atomic E-state index is 0.499. The normalized spacial score (nSPS) is 18.4. The van der Waals surface area contributed by atoms with Crippen LogP contribution in [0.25, 0.3) is 0 Å². The van der Waals surface area contributed by atoms with Gasteiger partial charge in [-0.3, -0.25) is 9.69 Å². The van der Waals surface area contributed by atoms with Crippen LogP contribution in [-0.2, 0) is 30.8 Å². The number of carboxylic acids is 1. The van der Waals surface area contributed by atoms with Gasteiger partial charge in [0, 0.05) is 13.1 Å². The summed E-state index contributed by atoms with van der Waals surface area (Å²) in [7, 11) is 0. The van der Waals surface area contributed by atoms with Gasteiger partial charge in [0.15, 0.2) is 0 Å². The van der Waals surface area contributed by atoms with Gasteiger partial charge in [0.05, 0.1) is 6.54 Å². The first-order valence-electron chi connectivity index (χ1n) is 7.09. The molecule has 6 heteroatoms. The van der Waals surface area contributed by atoms with E-state index in [1.807, 2.05) is 30.0 Å². The Kier molecular flexibility index (Phi) is 3.70. The molecule has 0 radical (unpaired) electrons. The summed E-state index contributed by atoms with van der Waals surface area (Å²) in [6, 6.07) is 7.51. The number of hydrogen-bond donors (Lipinski definition) is 1. The monoisotopic (exact) mass is 286 g/mol. The fourth-order valence-electron chi connectivity index (χ4n) is 2.84. The molecule has 0 saturated carbocycles. The fourth-order valence-corrected chi connectivity index (χ4v) is 2.84. The molecule has 1 unspecified atom stereocenters. The zero-order valence-corrected chi connectivity index (χ0v) is 11.9. The molecule has 21 heavy (non-hydrogen) atoms. The van der Waals surface area contributed by atoms with Gasteiger partial charge in [-0.25, -0.2) is 9.67 Å². The average Bonchev–Trinajstić information content (AvgIpc) is 2.93. The van der Waals surface area contributed by atoms with Crippen molar-refractivity contribution in [2.45, 2.75) is 39.0 Å². The summed E-state index contributed by atoms with van der Waals surface area (Å²) in [6.45, 7) is 3.86. The molecular weight excluding hydrogens is 268 g/mol. The first-order valence-corrected chi connectivity index (χ1v) is 7.09. The minimum atomic E-state index is -0.785. The number of fused-ring (bicyclic) bond motifs is 1. The molecule has 2 aromatic rings. The van der Waals surface area contributed by atoms with Crippen LogP contribution in [0, 0.1) is 0 Å². The van der Waals surface area contributed by atoms with Crippen molar-refractivity contribution in [3.63, 3.8) is 0 Å². The van der Waals surface area contributed by atoms with Gasteiger partial charge in [-0.2, -0.15) is 5.10 Å². The molecule has 3 rings (SSSR count). The van der Waals surface area contributed by atoms with Crippen molar-refractivity contribution >= 4 is 5.97 Å². The lowest BCUT2D eigenvalue weighted by atomic mass is 9.94. The van der Waals surface area contributed by atoms with Gasteiger partial charge in [-0.15, -0.1) is 0 Å². The molecular formula is C15H18N4O2. The van der Waals surface area contributed by atoms with Gasteiger partial charge in [0.25, 0.3) is 0 Å². The first kappa shape index (κ1) is 13.8. The molecule has 0 bridgehead atoms. The summed E-state index contributed by atoms with van der Waals surface area (Å²) >= 11 is 0. The van der Waals surface area contributed by atoms with Gasteiger partial charge in [0.2, 0.25) is 0 Å². The van der Waals surface area contributed by atoms with E-state index in [2.05, 4.69) is 16.1 Å². The summed E-state index contributed by atoms with van der Waals surface area (Å²) in [5, 5.41) is 13.7. The lowest BCUT2D eigenvalue weighted by Gasteiger charge is -2.34. The number of carboxylic acid groups (broad SMARTS) is 1. The molecule has 0 amide bonds. The van der Waals surface area contributed by atoms with Crippen molar-refractivity contribution in [1.82, 2.24) is 19.7 Å². The number of hydrogen-bond acceptors (Lipinski definition) is 4. The highest BCUT2D eigenvalue weighted by Crippen LogP contribution is 2.24. The molecule has 6 nitrogen and oxygen atoms in total. The quantitative estimate of drug-likeness (QED) is 0.917. The number of nitrogens with zero attached hydrogens (tertiary/aromatic N) is 4. The van der Waals surface area contributed by atoms with E-state index in [9.17, 15) is 9.90 Å². The SMILES string of the molecule is CCn1ncnc1CN1Cc2ccccc2CC1C(=O)O. The van der Waals surface area contributed by atoms with Crippen LogP contribution in [-0.4, -0.2) is 36.8 Å². The second-order valence-electron chi connectivity index (χ2n) is 5.22. The Morgan fingerprint density at radius 2 is 2.14 bits per heavy atom. The van der Waals surface area contributed by atoms with E-state index in [4.69, 9.17) is 0 Å². The summed E-state index contributed by atoms with van der Waals surface area (Å²) < 4.78 is 1.80. The maximum Gasteiger partial charge on any atom is 0.321 e. The second kappa shape index (κ2) is 5.65. The second-order valence-corrected chi connectivity index (χ2v) is 5.22. The third-order valence-electron chi connectivity index (χ3n) is 3.97. The third-order valence-corrected chi connectivity index (χ3v) is 3.97. The van der Waals surface area contributed by atoms with Crippen LogP contribution in [0.15, 0.2) is 30.6 Å². The lowest BCUT2D eigenvalue weighted by molar-refractivity contribution is -0.144. The van der Waals surface area contributed by atoms with Crippen LogP contribution in [0.1, 0.15) is 23.9 Å². The van der Waals surface area contributed by atoms with E-state index in [0.29, 0.717) is 19.5 Å². The van der Waals surface area contributed by atoms with E-state index in [1.54, 1.807) is 4.68 Å². The molecule has 1 atom stereocenters. The van der Waals surface area contributed by atoms with Gasteiger partial charge in [0.1, 0.15) is 18.2 Å². The standard InChI is InChI=1S/C15H18N4O2/c1-2-19-14(16-10-17-19)9-18-8-12-6-4-3-5-11(12)7-13(18)15(20)21/h3-6,10,13H,2,7-9H2,1H3,(H,20,21). The zero-order chi connectivity index (χ0) is 14.8. The van der Waals surface area contributed by atoms with Crippen LogP contribution in [0.2, 0.25) is 0 Å². The molecule has 0 spiro atoms. The Balaban J connectivity index is 1.87. The number of rotatable bonds is 4. The smallest absolute Gasteiger partial charge is 0.321 e. The maximum atomic E-state index is 11.6. The van der Waals surface area contributed by atoms with E-state index < -0.39 is 12.0 Å². The number of carbonyl (C=O) groups is 1. The Labute approximate surface area is 123 Å². The first-order chi connectivity index (χ1) is 10.2. The summed E-state index contributed by atoms with van der Waals surface area (Å²) in [6.07, 6.45) is 2.05. The zero-order valence-electron chi connectivity index (χ0n) is 11.9. The van der Waals surface area contributed by atoms with Gasteiger partial charge < -0.3 is 5.11 Å². The van der Waals surface area contributed by atoms with Crippen LogP contribution in [0.3, 0.4) is 0 Å². The average molecular weight is 286 g/mol. The molecule has 1 N–H and O–H groups in total. The summed E-state index contributed by atoms with van der Waals surface area (Å²) in [5.74, 6) is 0.0233. The van der Waals surface area contributed by atoms with Crippen molar-refractivity contribution in [2.24, 2.45) is 0 Å². The largest absolute Gasteiger partial charge is 0.480 e.